The third-order valence-electron chi connectivity index (χ3n) is 6.13. The summed E-state index contributed by atoms with van der Waals surface area (Å²) in [6.45, 7) is 1.17. The largest absolute Gasteiger partial charge is 0.507 e. The maximum atomic E-state index is 13.0. The molecule has 8 heteroatoms. The molecule has 0 saturated heterocycles. The Kier molecular flexibility index (Phi) is 5.34. The molecule has 2 aliphatic carbocycles. The molecule has 0 bridgehead atoms. The summed E-state index contributed by atoms with van der Waals surface area (Å²) in [5.41, 5.74) is -2.07. The van der Waals surface area contributed by atoms with Gasteiger partial charge in [-0.2, -0.15) is 0 Å². The Morgan fingerprint density at radius 3 is 2.12 bits per heavy atom. The van der Waals surface area contributed by atoms with Crippen LogP contribution < -0.4 is 0 Å². The summed E-state index contributed by atoms with van der Waals surface area (Å²) in [6, 6.07) is 6.12. The fourth-order valence-corrected chi connectivity index (χ4v) is 4.38. The van der Waals surface area contributed by atoms with Gasteiger partial charge in [-0.3, -0.25) is 19.2 Å². The van der Waals surface area contributed by atoms with E-state index < -0.39 is 47.0 Å². The van der Waals surface area contributed by atoms with E-state index in [0.29, 0.717) is 6.42 Å². The van der Waals surface area contributed by atoms with Crippen molar-refractivity contribution < 1.29 is 39.2 Å². The van der Waals surface area contributed by atoms with Crippen molar-refractivity contribution in [2.75, 3.05) is 6.61 Å². The van der Waals surface area contributed by atoms with Crippen LogP contribution in [0.1, 0.15) is 69.2 Å². The smallest absolute Gasteiger partial charge is 0.306 e. The van der Waals surface area contributed by atoms with Gasteiger partial charge in [-0.25, -0.2) is 0 Å². The van der Waals surface area contributed by atoms with Crippen LogP contribution in [-0.4, -0.2) is 50.8 Å². The Balaban J connectivity index is 1.72. The van der Waals surface area contributed by atoms with Crippen LogP contribution in [0.3, 0.4) is 0 Å². The zero-order valence-electron chi connectivity index (χ0n) is 17.4. The second kappa shape index (κ2) is 7.87. The van der Waals surface area contributed by atoms with Gasteiger partial charge in [-0.05, 0) is 19.3 Å². The van der Waals surface area contributed by atoms with Crippen LogP contribution in [0.5, 0.6) is 11.5 Å². The Morgan fingerprint density at radius 1 is 1.00 bits per heavy atom. The van der Waals surface area contributed by atoms with Crippen LogP contribution in [0.15, 0.2) is 24.3 Å². The first kappa shape index (κ1) is 21.7. The number of rotatable bonds is 5. The molecule has 0 unspecified atom stereocenters. The van der Waals surface area contributed by atoms with Gasteiger partial charge in [0.25, 0.3) is 0 Å². The summed E-state index contributed by atoms with van der Waals surface area (Å²) in [5, 5.41) is 32.7. The predicted octanol–water partition coefficient (Wildman–Crippen LogP) is 2.01. The number of Topliss-reactive ketones (excluding diaryl/α,β-unsaturated/α-hetero) is 1. The molecule has 0 fully saturated rings. The van der Waals surface area contributed by atoms with Crippen LogP contribution in [0, 0.1) is 0 Å². The monoisotopic (exact) mass is 438 g/mol. The average molecular weight is 438 g/mol. The van der Waals surface area contributed by atoms with Gasteiger partial charge in [-0.1, -0.05) is 31.2 Å². The third-order valence-corrected chi connectivity index (χ3v) is 6.13. The van der Waals surface area contributed by atoms with E-state index in [4.69, 9.17) is 4.74 Å². The first-order valence-electron chi connectivity index (χ1n) is 10.4. The average Bonchev–Trinajstić information content (AvgIpc) is 2.78. The highest BCUT2D eigenvalue weighted by Crippen LogP contribution is 2.47. The van der Waals surface area contributed by atoms with E-state index in [1.54, 1.807) is 19.1 Å². The molecule has 3 N–H and O–H groups in total. The van der Waals surface area contributed by atoms with Crippen molar-refractivity contribution in [3.63, 3.8) is 0 Å². The van der Waals surface area contributed by atoms with E-state index in [0.717, 1.165) is 0 Å². The minimum atomic E-state index is -1.95. The van der Waals surface area contributed by atoms with Crippen molar-refractivity contribution in [1.29, 1.82) is 0 Å². The first-order valence-corrected chi connectivity index (χ1v) is 10.4. The first-order chi connectivity index (χ1) is 15.2. The lowest BCUT2D eigenvalue weighted by Crippen LogP contribution is -2.46. The zero-order valence-corrected chi connectivity index (χ0v) is 17.4. The molecule has 166 valence electrons. The number of fused-ring (bicyclic) bond motifs is 3. The third kappa shape index (κ3) is 3.27. The van der Waals surface area contributed by atoms with Gasteiger partial charge < -0.3 is 20.1 Å². The summed E-state index contributed by atoms with van der Waals surface area (Å²) < 4.78 is 4.91. The molecule has 1 atom stereocenters. The number of carbonyl (C=O) groups is 4. The van der Waals surface area contributed by atoms with Crippen molar-refractivity contribution in [3.05, 3.63) is 57.6 Å². The lowest BCUT2D eigenvalue weighted by molar-refractivity contribution is -0.155. The molecule has 0 aromatic heterocycles. The lowest BCUT2D eigenvalue weighted by Gasteiger charge is -2.34. The minimum absolute atomic E-state index is 0.0176. The molecule has 0 amide bonds. The van der Waals surface area contributed by atoms with Crippen molar-refractivity contribution >= 4 is 23.3 Å². The number of ketones is 3. The van der Waals surface area contributed by atoms with Crippen LogP contribution in [0.2, 0.25) is 0 Å². The molecule has 2 aromatic carbocycles. The number of phenolic OH excluding ortho intramolecular Hbond substituents is 2. The van der Waals surface area contributed by atoms with Gasteiger partial charge in [0, 0.05) is 35.1 Å². The van der Waals surface area contributed by atoms with Gasteiger partial charge in [0.1, 0.15) is 17.1 Å². The number of esters is 1. The molecule has 4 rings (SSSR count). The molecule has 0 aliphatic heterocycles. The van der Waals surface area contributed by atoms with E-state index in [1.165, 1.54) is 12.1 Å². The van der Waals surface area contributed by atoms with Gasteiger partial charge in [0.05, 0.1) is 11.1 Å². The molecule has 32 heavy (non-hydrogen) atoms. The topological polar surface area (TPSA) is 138 Å². The van der Waals surface area contributed by atoms with Gasteiger partial charge in [-0.15, -0.1) is 0 Å². The van der Waals surface area contributed by atoms with Crippen LogP contribution in [0.4, 0.5) is 0 Å². The summed E-state index contributed by atoms with van der Waals surface area (Å²) in [4.78, 5) is 50.2. The number of hydrogen-bond donors (Lipinski definition) is 3. The summed E-state index contributed by atoms with van der Waals surface area (Å²) >= 11 is 0. The number of aliphatic hydroxyl groups is 1. The number of hydrogen-bond acceptors (Lipinski definition) is 8. The lowest BCUT2D eigenvalue weighted by atomic mass is 9.73. The Bertz CT molecular complexity index is 1180. The molecule has 2 aromatic rings. The number of aromatic hydroxyl groups is 2. The zero-order chi connectivity index (χ0) is 23.2. The van der Waals surface area contributed by atoms with E-state index in [1.807, 2.05) is 0 Å². The SMILES string of the molecule is CCCC(=O)OCC(=O)[C@@]1(O)CCc2c(O)c3c(c(O)c2C1)C(=O)c1ccccc1C3=O. The Labute approximate surface area is 183 Å². The molecule has 0 spiro atoms. The molecule has 0 heterocycles. The highest BCUT2D eigenvalue weighted by atomic mass is 16.5. The molecule has 0 saturated carbocycles. The van der Waals surface area contributed by atoms with Crippen molar-refractivity contribution in [2.45, 2.75) is 44.6 Å². The highest BCUT2D eigenvalue weighted by molar-refractivity contribution is 6.30. The maximum absolute atomic E-state index is 13.0. The quantitative estimate of drug-likeness (QED) is 0.406. The second-order valence-electron chi connectivity index (χ2n) is 8.15. The molecular formula is C24H22O8. The van der Waals surface area contributed by atoms with E-state index in [-0.39, 0.29) is 59.1 Å². The summed E-state index contributed by atoms with van der Waals surface area (Å²) in [5.74, 6) is -3.46. The van der Waals surface area contributed by atoms with Gasteiger partial charge >= 0.3 is 5.97 Å². The van der Waals surface area contributed by atoms with Gasteiger partial charge in [0.15, 0.2) is 18.2 Å². The van der Waals surface area contributed by atoms with Gasteiger partial charge in [0.2, 0.25) is 5.78 Å². The molecular weight excluding hydrogens is 416 g/mol. The summed E-state index contributed by atoms with van der Waals surface area (Å²) in [7, 11) is 0. The maximum Gasteiger partial charge on any atom is 0.306 e. The number of carbonyl (C=O) groups excluding carboxylic acids is 4. The second-order valence-corrected chi connectivity index (χ2v) is 8.15. The standard InChI is InChI=1S/C24H22O8/c1-2-5-17(26)32-11-16(25)24(31)9-8-14-15(10-24)23(30)19-18(22(14)29)20(27)12-6-3-4-7-13(12)21(19)28/h3-4,6-7,29-31H,2,5,8-11H2,1H3/t24-/m1/s1. The highest BCUT2D eigenvalue weighted by Gasteiger charge is 2.45. The number of ether oxygens (including phenoxy) is 1. The molecule has 0 radical (unpaired) electrons. The van der Waals surface area contributed by atoms with E-state index >= 15 is 0 Å². The molecule has 2 aliphatic rings. The van der Waals surface area contributed by atoms with Crippen LogP contribution in [-0.2, 0) is 27.2 Å². The summed E-state index contributed by atoms with van der Waals surface area (Å²) in [6.07, 6.45) is 0.193. The van der Waals surface area contributed by atoms with E-state index in [9.17, 15) is 34.5 Å². The van der Waals surface area contributed by atoms with Crippen molar-refractivity contribution in [1.82, 2.24) is 0 Å². The molecule has 8 nitrogen and oxygen atoms in total. The van der Waals surface area contributed by atoms with Crippen molar-refractivity contribution in [3.8, 4) is 11.5 Å². The number of benzene rings is 2. The Morgan fingerprint density at radius 2 is 1.56 bits per heavy atom. The van der Waals surface area contributed by atoms with Crippen molar-refractivity contribution in [2.24, 2.45) is 0 Å². The van der Waals surface area contributed by atoms with Crippen LogP contribution in [0.25, 0.3) is 0 Å². The van der Waals surface area contributed by atoms with E-state index in [2.05, 4.69) is 0 Å². The fourth-order valence-electron chi connectivity index (χ4n) is 4.38. The fraction of sp³-hybridized carbons (Fsp3) is 0.333. The number of phenols is 2. The van der Waals surface area contributed by atoms with Crippen LogP contribution >= 0.6 is 0 Å². The predicted molar refractivity (Wildman–Crippen MR) is 111 cm³/mol. The minimum Gasteiger partial charge on any atom is -0.507 e. The normalized spacial score (nSPS) is 19.1. The Hall–Kier alpha value is -3.52.